The summed E-state index contributed by atoms with van der Waals surface area (Å²) in [7, 11) is 0. The molecule has 0 radical (unpaired) electrons. The number of benzene rings is 1. The van der Waals surface area contributed by atoms with Gasteiger partial charge in [0.1, 0.15) is 0 Å². The van der Waals surface area contributed by atoms with E-state index in [9.17, 15) is 4.79 Å². The van der Waals surface area contributed by atoms with Crippen LogP contribution in [0.2, 0.25) is 5.02 Å². The largest absolute Gasteiger partial charge is 0.375 e. The summed E-state index contributed by atoms with van der Waals surface area (Å²) >= 11 is 6.16. The molecule has 2 fully saturated rings. The molecule has 0 aromatic heterocycles. The van der Waals surface area contributed by atoms with E-state index < -0.39 is 0 Å². The van der Waals surface area contributed by atoms with Crippen LogP contribution in [0.15, 0.2) is 24.3 Å². The van der Waals surface area contributed by atoms with E-state index in [2.05, 4.69) is 10.2 Å². The van der Waals surface area contributed by atoms with Crippen molar-refractivity contribution in [2.45, 2.75) is 76.7 Å². The Morgan fingerprint density at radius 1 is 1.15 bits per heavy atom. The number of halogens is 1. The number of nitrogens with one attached hydrogen (secondary N) is 1. The SMILES string of the molecule is CC(C(=O)NCc1ccccc1Cl)N1CCC(OC2CCCCC2)CC1. The summed E-state index contributed by atoms with van der Waals surface area (Å²) < 4.78 is 6.30. The van der Waals surface area contributed by atoms with E-state index in [-0.39, 0.29) is 11.9 Å². The van der Waals surface area contributed by atoms with Gasteiger partial charge < -0.3 is 10.1 Å². The summed E-state index contributed by atoms with van der Waals surface area (Å²) in [6.07, 6.45) is 9.32. The number of piperidine rings is 1. The second-order valence-electron chi connectivity index (χ2n) is 7.62. The molecule has 1 aromatic carbocycles. The van der Waals surface area contributed by atoms with E-state index in [0.717, 1.165) is 31.5 Å². The molecule has 1 aromatic rings. The standard InChI is InChI=1S/C21H31ClN2O2/c1-16(21(25)23-15-17-7-5-6-10-20(17)22)24-13-11-19(12-14-24)26-18-8-3-2-4-9-18/h5-7,10,16,18-19H,2-4,8-9,11-15H2,1H3,(H,23,25). The van der Waals surface area contributed by atoms with Gasteiger partial charge in [0.15, 0.2) is 0 Å². The third-order valence-electron chi connectivity index (χ3n) is 5.75. The molecule has 2 aliphatic rings. The van der Waals surface area contributed by atoms with Gasteiger partial charge in [-0.2, -0.15) is 0 Å². The molecule has 1 saturated heterocycles. The minimum Gasteiger partial charge on any atom is -0.375 e. The minimum absolute atomic E-state index is 0.0663. The molecule has 1 saturated carbocycles. The molecule has 1 N–H and O–H groups in total. The molecular formula is C21H31ClN2O2. The fourth-order valence-electron chi connectivity index (χ4n) is 4.01. The van der Waals surface area contributed by atoms with Gasteiger partial charge in [0, 0.05) is 24.7 Å². The third-order valence-corrected chi connectivity index (χ3v) is 6.12. The molecule has 1 atom stereocenters. The Balaban J connectivity index is 1.40. The average molecular weight is 379 g/mol. The highest BCUT2D eigenvalue weighted by molar-refractivity contribution is 6.31. The van der Waals surface area contributed by atoms with E-state index in [4.69, 9.17) is 16.3 Å². The number of carbonyl (C=O) groups excluding carboxylic acids is 1. The first-order valence-corrected chi connectivity index (χ1v) is 10.4. The van der Waals surface area contributed by atoms with Crippen LogP contribution < -0.4 is 5.32 Å². The summed E-state index contributed by atoms with van der Waals surface area (Å²) in [6.45, 7) is 4.32. The van der Waals surface area contributed by atoms with Gasteiger partial charge in [-0.15, -0.1) is 0 Å². The molecule has 5 heteroatoms. The highest BCUT2D eigenvalue weighted by Crippen LogP contribution is 2.25. The van der Waals surface area contributed by atoms with Gasteiger partial charge in [0.2, 0.25) is 5.91 Å². The van der Waals surface area contributed by atoms with Crippen LogP contribution in [0, 0.1) is 0 Å². The van der Waals surface area contributed by atoms with Crippen LogP contribution >= 0.6 is 11.6 Å². The van der Waals surface area contributed by atoms with Crippen molar-refractivity contribution in [2.75, 3.05) is 13.1 Å². The number of hydrogen-bond donors (Lipinski definition) is 1. The maximum absolute atomic E-state index is 12.5. The zero-order valence-electron chi connectivity index (χ0n) is 15.8. The van der Waals surface area contributed by atoms with E-state index in [0.29, 0.717) is 23.8 Å². The molecule has 0 bridgehead atoms. The summed E-state index contributed by atoms with van der Waals surface area (Å²) in [4.78, 5) is 14.8. The van der Waals surface area contributed by atoms with E-state index in [1.807, 2.05) is 31.2 Å². The number of hydrogen-bond acceptors (Lipinski definition) is 3. The average Bonchev–Trinajstić information content (AvgIpc) is 2.68. The maximum atomic E-state index is 12.5. The van der Waals surface area contributed by atoms with E-state index in [1.54, 1.807) is 0 Å². The highest BCUT2D eigenvalue weighted by atomic mass is 35.5. The number of rotatable bonds is 6. The molecule has 1 aliphatic heterocycles. The molecule has 1 aliphatic carbocycles. The third kappa shape index (κ3) is 5.45. The van der Waals surface area contributed by atoms with Gasteiger partial charge in [-0.1, -0.05) is 49.1 Å². The molecule has 0 spiro atoms. The Morgan fingerprint density at radius 2 is 1.81 bits per heavy atom. The van der Waals surface area contributed by atoms with Crippen LogP contribution in [0.3, 0.4) is 0 Å². The quantitative estimate of drug-likeness (QED) is 0.808. The van der Waals surface area contributed by atoms with Crippen molar-refractivity contribution in [1.29, 1.82) is 0 Å². The molecule has 3 rings (SSSR count). The van der Waals surface area contributed by atoms with Crippen LogP contribution in [0.4, 0.5) is 0 Å². The van der Waals surface area contributed by atoms with Crippen molar-refractivity contribution in [3.63, 3.8) is 0 Å². The van der Waals surface area contributed by atoms with Gasteiger partial charge in [0.05, 0.1) is 18.2 Å². The number of nitrogens with zero attached hydrogens (tertiary/aromatic N) is 1. The second-order valence-corrected chi connectivity index (χ2v) is 8.02. The molecule has 1 heterocycles. The molecule has 1 amide bonds. The predicted molar refractivity (Wildman–Crippen MR) is 105 cm³/mol. The van der Waals surface area contributed by atoms with Crippen molar-refractivity contribution in [3.05, 3.63) is 34.9 Å². The summed E-state index contributed by atoms with van der Waals surface area (Å²) in [5.74, 6) is 0.0663. The first-order chi connectivity index (χ1) is 12.6. The van der Waals surface area contributed by atoms with Crippen molar-refractivity contribution < 1.29 is 9.53 Å². The van der Waals surface area contributed by atoms with Crippen LogP contribution in [0.1, 0.15) is 57.4 Å². The zero-order chi connectivity index (χ0) is 18.4. The topological polar surface area (TPSA) is 41.6 Å². The molecular weight excluding hydrogens is 348 g/mol. The molecule has 4 nitrogen and oxygen atoms in total. The highest BCUT2D eigenvalue weighted by Gasteiger charge is 2.28. The predicted octanol–water partition coefficient (Wildman–Crippen LogP) is 4.16. The summed E-state index contributed by atoms with van der Waals surface area (Å²) in [5, 5.41) is 3.71. The van der Waals surface area contributed by atoms with Crippen LogP contribution in [0.25, 0.3) is 0 Å². The summed E-state index contributed by atoms with van der Waals surface area (Å²) in [6, 6.07) is 7.52. The normalized spacial score (nSPS) is 21.5. The number of amides is 1. The number of likely N-dealkylation sites (tertiary alicyclic amines) is 1. The Kier molecular flexibility index (Phi) is 7.35. The van der Waals surface area contributed by atoms with Gasteiger partial charge in [-0.25, -0.2) is 0 Å². The summed E-state index contributed by atoms with van der Waals surface area (Å²) in [5.41, 5.74) is 0.953. The van der Waals surface area contributed by atoms with Crippen LogP contribution in [-0.2, 0) is 16.1 Å². The van der Waals surface area contributed by atoms with Gasteiger partial charge >= 0.3 is 0 Å². The zero-order valence-corrected chi connectivity index (χ0v) is 16.5. The van der Waals surface area contributed by atoms with Crippen molar-refractivity contribution >= 4 is 17.5 Å². The Bertz CT molecular complexity index is 581. The number of carbonyl (C=O) groups is 1. The molecule has 26 heavy (non-hydrogen) atoms. The Labute approximate surface area is 162 Å². The first kappa shape index (κ1) is 19.7. The lowest BCUT2D eigenvalue weighted by atomic mass is 9.97. The fourth-order valence-corrected chi connectivity index (χ4v) is 4.21. The minimum atomic E-state index is -0.117. The van der Waals surface area contributed by atoms with Crippen molar-refractivity contribution in [3.8, 4) is 0 Å². The fraction of sp³-hybridized carbons (Fsp3) is 0.667. The molecule has 144 valence electrons. The lowest BCUT2D eigenvalue weighted by Crippen LogP contribution is -2.49. The van der Waals surface area contributed by atoms with E-state index in [1.165, 1.54) is 32.1 Å². The van der Waals surface area contributed by atoms with Crippen LogP contribution in [-0.4, -0.2) is 42.1 Å². The monoisotopic (exact) mass is 378 g/mol. The van der Waals surface area contributed by atoms with Gasteiger partial charge in [-0.3, -0.25) is 9.69 Å². The first-order valence-electron chi connectivity index (χ1n) is 10.0. The lowest BCUT2D eigenvalue weighted by molar-refractivity contribution is -0.127. The Morgan fingerprint density at radius 3 is 2.50 bits per heavy atom. The second kappa shape index (κ2) is 9.72. The molecule has 1 unspecified atom stereocenters. The van der Waals surface area contributed by atoms with E-state index >= 15 is 0 Å². The van der Waals surface area contributed by atoms with Gasteiger partial charge in [-0.05, 0) is 44.2 Å². The van der Waals surface area contributed by atoms with Gasteiger partial charge in [0.25, 0.3) is 0 Å². The maximum Gasteiger partial charge on any atom is 0.237 e. The number of ether oxygens (including phenoxy) is 1. The van der Waals surface area contributed by atoms with Crippen molar-refractivity contribution in [2.24, 2.45) is 0 Å². The van der Waals surface area contributed by atoms with Crippen LogP contribution in [0.5, 0.6) is 0 Å². The smallest absolute Gasteiger partial charge is 0.237 e. The van der Waals surface area contributed by atoms with Crippen molar-refractivity contribution in [1.82, 2.24) is 10.2 Å². The Hall–Kier alpha value is -1.10. The lowest BCUT2D eigenvalue weighted by Gasteiger charge is -2.37.